The van der Waals surface area contributed by atoms with E-state index in [0.29, 0.717) is 12.2 Å². The normalized spacial score (nSPS) is 18.4. The first-order valence-corrected chi connectivity index (χ1v) is 5.94. The van der Waals surface area contributed by atoms with E-state index in [4.69, 9.17) is 4.74 Å². The van der Waals surface area contributed by atoms with Gasteiger partial charge in [-0.3, -0.25) is 0 Å². The molecule has 1 atom stereocenters. The molecule has 0 saturated carbocycles. The third-order valence-corrected chi connectivity index (χ3v) is 2.55. The maximum absolute atomic E-state index is 11.5. The summed E-state index contributed by atoms with van der Waals surface area (Å²) < 4.78 is 9.36. The Morgan fingerprint density at radius 3 is 2.63 bits per heavy atom. The van der Waals surface area contributed by atoms with Crippen LogP contribution in [-0.4, -0.2) is 24.6 Å². The Bertz CT molecular complexity index is 524. The number of epoxide rings is 1. The predicted octanol–water partition coefficient (Wildman–Crippen LogP) is 2.11. The molecule has 0 spiro atoms. The van der Waals surface area contributed by atoms with E-state index in [2.05, 4.69) is 4.74 Å². The van der Waals surface area contributed by atoms with Crippen molar-refractivity contribution in [1.29, 1.82) is 0 Å². The summed E-state index contributed by atoms with van der Waals surface area (Å²) in [7, 11) is 0. The molecule has 0 bridgehead atoms. The Morgan fingerprint density at radius 2 is 2.00 bits per heavy atom. The zero-order valence-electron chi connectivity index (χ0n) is 10.5. The van der Waals surface area contributed by atoms with Crippen LogP contribution in [0.3, 0.4) is 0 Å². The molecule has 2 rings (SSSR count). The Morgan fingerprint density at radius 1 is 1.32 bits per heavy atom. The molecule has 1 aliphatic rings. The molecule has 0 amide bonds. The fraction of sp³-hybridized carbons (Fsp3) is 0.200. The van der Waals surface area contributed by atoms with Crippen molar-refractivity contribution < 1.29 is 19.1 Å². The van der Waals surface area contributed by atoms with Gasteiger partial charge < -0.3 is 9.47 Å². The Kier molecular flexibility index (Phi) is 4.26. The molecular formula is C15H14O4. The van der Waals surface area contributed by atoms with Crippen molar-refractivity contribution in [2.45, 2.75) is 13.0 Å². The quantitative estimate of drug-likeness (QED) is 0.273. The molecule has 19 heavy (non-hydrogen) atoms. The Labute approximate surface area is 111 Å². The number of benzene rings is 1. The fourth-order valence-electron chi connectivity index (χ4n) is 1.36. The van der Waals surface area contributed by atoms with Gasteiger partial charge in [-0.2, -0.15) is 0 Å². The Balaban J connectivity index is 1.89. The summed E-state index contributed by atoms with van der Waals surface area (Å²) in [5.74, 6) is -1.26. The second-order valence-corrected chi connectivity index (χ2v) is 4.15. The maximum Gasteiger partial charge on any atom is 0.345 e. The monoisotopic (exact) mass is 258 g/mol. The van der Waals surface area contributed by atoms with Gasteiger partial charge in [0.15, 0.2) is 6.10 Å². The molecule has 0 radical (unpaired) electrons. The van der Waals surface area contributed by atoms with E-state index >= 15 is 0 Å². The third-order valence-electron chi connectivity index (χ3n) is 2.55. The highest BCUT2D eigenvalue weighted by Crippen LogP contribution is 2.12. The molecule has 1 aromatic carbocycles. The van der Waals surface area contributed by atoms with E-state index in [1.807, 2.05) is 36.4 Å². The Hall–Kier alpha value is -2.20. The minimum Gasteiger partial charge on any atom is -0.388 e. The van der Waals surface area contributed by atoms with E-state index < -0.39 is 18.0 Å². The van der Waals surface area contributed by atoms with E-state index in [1.54, 1.807) is 19.1 Å². The molecule has 1 aromatic rings. The van der Waals surface area contributed by atoms with Crippen LogP contribution in [0.15, 0.2) is 48.1 Å². The average molecular weight is 258 g/mol. The van der Waals surface area contributed by atoms with Crippen LogP contribution in [0.4, 0.5) is 0 Å². The van der Waals surface area contributed by atoms with Crippen LogP contribution in [0.5, 0.6) is 0 Å². The largest absolute Gasteiger partial charge is 0.388 e. The first-order chi connectivity index (χ1) is 9.16. The van der Waals surface area contributed by atoms with Gasteiger partial charge in [-0.05, 0) is 12.5 Å². The van der Waals surface area contributed by atoms with Crippen LogP contribution in [-0.2, 0) is 19.1 Å². The zero-order chi connectivity index (χ0) is 13.7. The second kappa shape index (κ2) is 6.11. The average Bonchev–Trinajstić information content (AvgIpc) is 3.24. The van der Waals surface area contributed by atoms with E-state index in [0.717, 1.165) is 5.56 Å². The van der Waals surface area contributed by atoms with Gasteiger partial charge >= 0.3 is 11.9 Å². The lowest BCUT2D eigenvalue weighted by molar-refractivity contribution is -0.157. The summed E-state index contributed by atoms with van der Waals surface area (Å²) in [5, 5.41) is 0. The van der Waals surface area contributed by atoms with Gasteiger partial charge in [0, 0.05) is 5.57 Å². The van der Waals surface area contributed by atoms with Crippen LogP contribution >= 0.6 is 0 Å². The number of hydrogen-bond donors (Lipinski definition) is 0. The van der Waals surface area contributed by atoms with Crippen LogP contribution in [0, 0.1) is 0 Å². The van der Waals surface area contributed by atoms with Crippen molar-refractivity contribution in [3.63, 3.8) is 0 Å². The van der Waals surface area contributed by atoms with Gasteiger partial charge in [0.05, 0.1) is 6.61 Å². The number of carbonyl (C=O) groups is 2. The topological polar surface area (TPSA) is 55.9 Å². The molecular weight excluding hydrogens is 244 g/mol. The number of hydrogen-bond acceptors (Lipinski definition) is 4. The van der Waals surface area contributed by atoms with Gasteiger partial charge in [0.2, 0.25) is 0 Å². The third kappa shape index (κ3) is 4.19. The van der Waals surface area contributed by atoms with E-state index in [-0.39, 0.29) is 0 Å². The van der Waals surface area contributed by atoms with Crippen molar-refractivity contribution in [2.24, 2.45) is 0 Å². The molecule has 1 fully saturated rings. The fourth-order valence-corrected chi connectivity index (χ4v) is 1.36. The summed E-state index contributed by atoms with van der Waals surface area (Å²) in [6, 6.07) is 9.69. The zero-order valence-corrected chi connectivity index (χ0v) is 10.5. The lowest BCUT2D eigenvalue weighted by Gasteiger charge is -1.99. The number of carbonyl (C=O) groups excluding carboxylic acids is 2. The minimum atomic E-state index is -0.641. The lowest BCUT2D eigenvalue weighted by Crippen LogP contribution is -2.17. The molecule has 1 unspecified atom stereocenters. The number of allylic oxidation sites excluding steroid dienone is 2. The molecule has 98 valence electrons. The van der Waals surface area contributed by atoms with Crippen LogP contribution in [0.1, 0.15) is 12.5 Å². The second-order valence-electron chi connectivity index (χ2n) is 4.15. The standard InChI is InChI=1S/C15H14O4/c1-11(14(16)19-15(17)13-10-18-13)6-5-9-12-7-3-2-4-8-12/h2-9,13H,10H2,1H3. The highest BCUT2D eigenvalue weighted by Gasteiger charge is 2.34. The van der Waals surface area contributed by atoms with Crippen molar-refractivity contribution >= 4 is 18.0 Å². The van der Waals surface area contributed by atoms with Crippen molar-refractivity contribution in [2.75, 3.05) is 6.61 Å². The number of rotatable bonds is 4. The smallest absolute Gasteiger partial charge is 0.345 e. The van der Waals surface area contributed by atoms with Gasteiger partial charge in [-0.15, -0.1) is 0 Å². The number of esters is 2. The van der Waals surface area contributed by atoms with E-state index in [9.17, 15) is 9.59 Å². The minimum absolute atomic E-state index is 0.336. The van der Waals surface area contributed by atoms with E-state index in [1.165, 1.54) is 0 Å². The summed E-state index contributed by atoms with van der Waals surface area (Å²) in [5.41, 5.74) is 1.39. The maximum atomic E-state index is 11.5. The molecule has 0 N–H and O–H groups in total. The molecule has 1 saturated heterocycles. The van der Waals surface area contributed by atoms with Crippen LogP contribution < -0.4 is 0 Å². The summed E-state index contributed by atoms with van der Waals surface area (Å²) in [4.78, 5) is 22.7. The molecule has 1 heterocycles. The van der Waals surface area contributed by atoms with Crippen molar-refractivity contribution in [3.05, 3.63) is 53.6 Å². The van der Waals surface area contributed by atoms with Gasteiger partial charge in [-0.25, -0.2) is 9.59 Å². The highest BCUT2D eigenvalue weighted by atomic mass is 16.6. The molecule has 0 aliphatic carbocycles. The first kappa shape index (κ1) is 13.2. The summed E-state index contributed by atoms with van der Waals surface area (Å²) in [6.45, 7) is 1.93. The summed E-state index contributed by atoms with van der Waals surface area (Å²) in [6.07, 6.45) is 4.65. The summed E-state index contributed by atoms with van der Waals surface area (Å²) >= 11 is 0. The van der Waals surface area contributed by atoms with Crippen LogP contribution in [0.25, 0.3) is 6.08 Å². The molecule has 1 aliphatic heterocycles. The molecule has 4 heteroatoms. The van der Waals surface area contributed by atoms with Crippen LogP contribution in [0.2, 0.25) is 0 Å². The first-order valence-electron chi connectivity index (χ1n) is 5.94. The lowest BCUT2D eigenvalue weighted by atomic mass is 10.2. The van der Waals surface area contributed by atoms with Crippen molar-refractivity contribution in [3.8, 4) is 0 Å². The predicted molar refractivity (Wildman–Crippen MR) is 70.1 cm³/mol. The van der Waals surface area contributed by atoms with Gasteiger partial charge in [-0.1, -0.05) is 48.6 Å². The number of ether oxygens (including phenoxy) is 2. The van der Waals surface area contributed by atoms with Crippen molar-refractivity contribution in [1.82, 2.24) is 0 Å². The van der Waals surface area contributed by atoms with Gasteiger partial charge in [0.25, 0.3) is 0 Å². The molecule has 4 nitrogen and oxygen atoms in total. The SMILES string of the molecule is CC(=CC=Cc1ccccc1)C(=O)OC(=O)C1CO1. The molecule has 0 aromatic heterocycles. The highest BCUT2D eigenvalue weighted by molar-refractivity contribution is 5.97. The van der Waals surface area contributed by atoms with Gasteiger partial charge in [0.1, 0.15) is 0 Å².